The molecule has 0 spiro atoms. The molecule has 1 saturated heterocycles. The molecule has 9 nitrogen and oxygen atoms in total. The summed E-state index contributed by atoms with van der Waals surface area (Å²) in [6.07, 6.45) is -7.57. The Morgan fingerprint density at radius 2 is 1.70 bits per heavy atom. The monoisotopic (exact) mass is 416 g/mol. The van der Waals surface area contributed by atoms with Crippen LogP contribution in [0.5, 0.6) is 11.5 Å². The van der Waals surface area contributed by atoms with Crippen LogP contribution in [0.15, 0.2) is 57.7 Å². The third-order valence-electron chi connectivity index (χ3n) is 4.93. The van der Waals surface area contributed by atoms with Crippen molar-refractivity contribution in [2.75, 3.05) is 6.61 Å². The molecular formula is C21H20O9. The highest BCUT2D eigenvalue weighted by Crippen LogP contribution is 2.33. The lowest BCUT2D eigenvalue weighted by atomic mass is 9.99. The Morgan fingerprint density at radius 3 is 2.40 bits per heavy atom. The molecule has 2 aromatic carbocycles. The maximum atomic E-state index is 12.8. The largest absolute Gasteiger partial charge is 0.508 e. The molecule has 1 fully saturated rings. The molecule has 1 aliphatic heterocycles. The summed E-state index contributed by atoms with van der Waals surface area (Å²) in [5.74, 6) is -0.129. The number of rotatable bonds is 4. The molecule has 30 heavy (non-hydrogen) atoms. The number of benzene rings is 2. The smallest absolute Gasteiger partial charge is 0.229 e. The van der Waals surface area contributed by atoms with E-state index in [0.29, 0.717) is 5.56 Å². The summed E-state index contributed by atoms with van der Waals surface area (Å²) in [5, 5.41) is 49.4. The molecule has 2 heterocycles. The van der Waals surface area contributed by atoms with Gasteiger partial charge in [-0.25, -0.2) is 0 Å². The first kappa shape index (κ1) is 20.3. The molecule has 0 bridgehead atoms. The summed E-state index contributed by atoms with van der Waals surface area (Å²) in [4.78, 5) is 12.8. The van der Waals surface area contributed by atoms with E-state index in [2.05, 4.69) is 0 Å². The maximum Gasteiger partial charge on any atom is 0.229 e. The minimum absolute atomic E-state index is 0.00978. The Labute approximate surface area is 170 Å². The van der Waals surface area contributed by atoms with Crippen LogP contribution in [0.4, 0.5) is 0 Å². The van der Waals surface area contributed by atoms with Crippen LogP contribution in [-0.2, 0) is 4.74 Å². The van der Waals surface area contributed by atoms with Crippen molar-refractivity contribution in [2.24, 2.45) is 0 Å². The molecule has 0 amide bonds. The molecular weight excluding hydrogens is 396 g/mol. The lowest BCUT2D eigenvalue weighted by Crippen LogP contribution is -2.60. The van der Waals surface area contributed by atoms with Crippen molar-refractivity contribution in [1.29, 1.82) is 0 Å². The van der Waals surface area contributed by atoms with Crippen molar-refractivity contribution in [3.8, 4) is 22.8 Å². The summed E-state index contributed by atoms with van der Waals surface area (Å²) in [7, 11) is 0. The molecule has 1 unspecified atom stereocenters. The Morgan fingerprint density at radius 1 is 0.967 bits per heavy atom. The van der Waals surface area contributed by atoms with Crippen molar-refractivity contribution < 1.29 is 39.4 Å². The molecule has 4 rings (SSSR count). The summed E-state index contributed by atoms with van der Waals surface area (Å²) in [6, 6.07) is 12.6. The van der Waals surface area contributed by atoms with Gasteiger partial charge < -0.3 is 39.4 Å². The van der Waals surface area contributed by atoms with E-state index in [1.54, 1.807) is 24.3 Å². The third-order valence-corrected chi connectivity index (χ3v) is 4.93. The first-order valence-electron chi connectivity index (χ1n) is 9.22. The SMILES string of the molecule is O=c1cc(-c2ccccc2)oc2cc(O)cc(OC3O[C@H](CO)[C@@H](O)[C@H](O)[C@H]3O)c12. The summed E-state index contributed by atoms with van der Waals surface area (Å²) < 4.78 is 16.6. The van der Waals surface area contributed by atoms with Gasteiger partial charge in [0.25, 0.3) is 0 Å². The van der Waals surface area contributed by atoms with Crippen LogP contribution < -0.4 is 10.2 Å². The Bertz CT molecular complexity index is 1090. The topological polar surface area (TPSA) is 150 Å². The predicted molar refractivity (Wildman–Crippen MR) is 104 cm³/mol. The van der Waals surface area contributed by atoms with Crippen molar-refractivity contribution >= 4 is 11.0 Å². The summed E-state index contributed by atoms with van der Waals surface area (Å²) in [6.45, 7) is -0.631. The van der Waals surface area contributed by atoms with Gasteiger partial charge in [0.2, 0.25) is 6.29 Å². The molecule has 1 aromatic heterocycles. The van der Waals surface area contributed by atoms with Crippen molar-refractivity contribution in [2.45, 2.75) is 30.7 Å². The van der Waals surface area contributed by atoms with E-state index in [1.807, 2.05) is 6.07 Å². The van der Waals surface area contributed by atoms with Crippen LogP contribution in [0.3, 0.4) is 0 Å². The Hall–Kier alpha value is -2.95. The minimum atomic E-state index is -1.67. The first-order valence-corrected chi connectivity index (χ1v) is 9.22. The summed E-state index contributed by atoms with van der Waals surface area (Å²) in [5.41, 5.74) is 0.242. The molecule has 9 heteroatoms. The predicted octanol–water partition coefficient (Wildman–Crippen LogP) is 0.344. The molecule has 3 aromatic rings. The highest BCUT2D eigenvalue weighted by atomic mass is 16.7. The van der Waals surface area contributed by atoms with Gasteiger partial charge in [-0.1, -0.05) is 30.3 Å². The van der Waals surface area contributed by atoms with Gasteiger partial charge in [-0.3, -0.25) is 4.79 Å². The van der Waals surface area contributed by atoms with E-state index in [4.69, 9.17) is 13.9 Å². The first-order chi connectivity index (χ1) is 14.4. The van der Waals surface area contributed by atoms with Crippen LogP contribution in [0.1, 0.15) is 0 Å². The van der Waals surface area contributed by atoms with Crippen LogP contribution in [-0.4, -0.2) is 62.8 Å². The zero-order chi connectivity index (χ0) is 21.4. The lowest BCUT2D eigenvalue weighted by molar-refractivity contribution is -0.277. The van der Waals surface area contributed by atoms with E-state index in [0.717, 1.165) is 6.07 Å². The fourth-order valence-electron chi connectivity index (χ4n) is 3.37. The van der Waals surface area contributed by atoms with E-state index in [-0.39, 0.29) is 28.2 Å². The van der Waals surface area contributed by atoms with Gasteiger partial charge in [-0.2, -0.15) is 0 Å². The highest BCUT2D eigenvalue weighted by Gasteiger charge is 2.45. The Balaban J connectivity index is 1.75. The number of fused-ring (bicyclic) bond motifs is 1. The molecule has 0 saturated carbocycles. The van der Waals surface area contributed by atoms with Crippen LogP contribution in [0.2, 0.25) is 0 Å². The molecule has 0 aliphatic carbocycles. The minimum Gasteiger partial charge on any atom is -0.508 e. The number of phenols is 1. The van der Waals surface area contributed by atoms with Gasteiger partial charge in [-0.05, 0) is 0 Å². The van der Waals surface area contributed by atoms with Crippen molar-refractivity contribution in [3.63, 3.8) is 0 Å². The lowest BCUT2D eigenvalue weighted by Gasteiger charge is -2.39. The van der Waals surface area contributed by atoms with Gasteiger partial charge in [0, 0.05) is 23.8 Å². The van der Waals surface area contributed by atoms with E-state index >= 15 is 0 Å². The second-order valence-corrected chi connectivity index (χ2v) is 6.97. The van der Waals surface area contributed by atoms with Gasteiger partial charge in [-0.15, -0.1) is 0 Å². The second-order valence-electron chi connectivity index (χ2n) is 6.97. The fourth-order valence-corrected chi connectivity index (χ4v) is 3.37. The number of aliphatic hydroxyl groups is 4. The zero-order valence-corrected chi connectivity index (χ0v) is 15.6. The maximum absolute atomic E-state index is 12.8. The molecule has 5 N–H and O–H groups in total. The standard InChI is InChI=1S/C21H20O9/c22-9-16-18(25)19(26)20(27)21(30-16)29-15-7-11(23)6-14-17(15)12(24)8-13(28-14)10-4-2-1-3-5-10/h1-8,16,18-23,25-27H,9H2/t16-,18-,19+,20-,21?/m1/s1. The van der Waals surface area contributed by atoms with Gasteiger partial charge in [0.15, 0.2) is 5.43 Å². The normalized spacial score (nSPS) is 26.6. The average molecular weight is 416 g/mol. The fraction of sp³-hybridized carbons (Fsp3) is 0.286. The van der Waals surface area contributed by atoms with E-state index in [9.17, 15) is 30.3 Å². The van der Waals surface area contributed by atoms with Crippen molar-refractivity contribution in [3.05, 3.63) is 58.8 Å². The van der Waals surface area contributed by atoms with Gasteiger partial charge >= 0.3 is 0 Å². The number of hydrogen-bond acceptors (Lipinski definition) is 9. The van der Waals surface area contributed by atoms with Crippen molar-refractivity contribution in [1.82, 2.24) is 0 Å². The second kappa shape index (κ2) is 8.05. The number of ether oxygens (including phenoxy) is 2. The number of phenolic OH excluding ortho intramolecular Hbond substituents is 1. The molecule has 1 aliphatic rings. The Kier molecular flexibility index (Phi) is 5.46. The third kappa shape index (κ3) is 3.64. The van der Waals surface area contributed by atoms with Crippen LogP contribution >= 0.6 is 0 Å². The quantitative estimate of drug-likeness (QED) is 0.406. The van der Waals surface area contributed by atoms with Crippen LogP contribution in [0.25, 0.3) is 22.3 Å². The molecule has 158 valence electrons. The average Bonchev–Trinajstić information content (AvgIpc) is 2.74. The zero-order valence-electron chi connectivity index (χ0n) is 15.6. The summed E-state index contributed by atoms with van der Waals surface area (Å²) >= 11 is 0. The highest BCUT2D eigenvalue weighted by molar-refractivity contribution is 5.86. The van der Waals surface area contributed by atoms with Crippen LogP contribution in [0, 0.1) is 0 Å². The van der Waals surface area contributed by atoms with Gasteiger partial charge in [0.05, 0.1) is 6.61 Å². The van der Waals surface area contributed by atoms with E-state index < -0.39 is 42.7 Å². The number of aliphatic hydroxyl groups excluding tert-OH is 4. The number of hydrogen-bond donors (Lipinski definition) is 5. The molecule has 0 radical (unpaired) electrons. The number of aromatic hydroxyl groups is 1. The molecule has 5 atom stereocenters. The van der Waals surface area contributed by atoms with Gasteiger partial charge in [0.1, 0.15) is 52.6 Å². The van der Waals surface area contributed by atoms with E-state index in [1.165, 1.54) is 12.1 Å².